The van der Waals surface area contributed by atoms with Gasteiger partial charge >= 0.3 is 0 Å². The average molecular weight is 286 g/mol. The first-order valence-corrected chi connectivity index (χ1v) is 6.91. The lowest BCUT2D eigenvalue weighted by molar-refractivity contribution is -0.132. The first-order chi connectivity index (χ1) is 10.2. The summed E-state index contributed by atoms with van der Waals surface area (Å²) in [5, 5.41) is 0. The lowest BCUT2D eigenvalue weighted by atomic mass is 10.0. The third kappa shape index (κ3) is 3.12. The first kappa shape index (κ1) is 13.8. The van der Waals surface area contributed by atoms with Crippen LogP contribution in [0.2, 0.25) is 0 Å². The minimum absolute atomic E-state index is 0.0697. The predicted molar refractivity (Wildman–Crippen MR) is 76.8 cm³/mol. The van der Waals surface area contributed by atoms with Crippen molar-refractivity contribution in [1.29, 1.82) is 0 Å². The van der Waals surface area contributed by atoms with Crippen LogP contribution >= 0.6 is 0 Å². The molecule has 6 heteroatoms. The first-order valence-electron chi connectivity index (χ1n) is 6.91. The third-order valence-corrected chi connectivity index (χ3v) is 3.69. The van der Waals surface area contributed by atoms with E-state index in [1.807, 2.05) is 18.2 Å². The molecule has 1 aliphatic heterocycles. The second kappa shape index (κ2) is 6.07. The van der Waals surface area contributed by atoms with Crippen LogP contribution in [0, 0.1) is 0 Å². The van der Waals surface area contributed by atoms with E-state index in [0.29, 0.717) is 6.54 Å². The van der Waals surface area contributed by atoms with Crippen molar-refractivity contribution in [3.8, 4) is 0 Å². The van der Waals surface area contributed by atoms with E-state index < -0.39 is 0 Å². The van der Waals surface area contributed by atoms with E-state index in [1.165, 1.54) is 0 Å². The summed E-state index contributed by atoms with van der Waals surface area (Å²) in [5.41, 5.74) is 8.37. The average Bonchev–Trinajstić information content (AvgIpc) is 3.18. The van der Waals surface area contributed by atoms with Gasteiger partial charge in [-0.15, -0.1) is 0 Å². The van der Waals surface area contributed by atoms with E-state index in [-0.39, 0.29) is 18.0 Å². The van der Waals surface area contributed by atoms with Crippen molar-refractivity contribution in [2.45, 2.75) is 25.0 Å². The fourth-order valence-corrected chi connectivity index (χ4v) is 2.53. The normalized spacial score (nSPS) is 21.4. The molecule has 0 bridgehead atoms. The molecule has 21 heavy (non-hydrogen) atoms. The molecule has 1 fully saturated rings. The Morgan fingerprint density at radius 1 is 1.38 bits per heavy atom. The van der Waals surface area contributed by atoms with Crippen molar-refractivity contribution in [3.05, 3.63) is 54.2 Å². The Labute approximate surface area is 123 Å². The fraction of sp³-hybridized carbons (Fsp3) is 0.333. The van der Waals surface area contributed by atoms with Gasteiger partial charge in [-0.1, -0.05) is 0 Å². The van der Waals surface area contributed by atoms with Gasteiger partial charge in [-0.05, 0) is 30.2 Å². The van der Waals surface area contributed by atoms with E-state index in [4.69, 9.17) is 4.42 Å². The molecule has 2 N–H and O–H groups in total. The van der Waals surface area contributed by atoms with E-state index in [0.717, 1.165) is 17.5 Å². The number of nitrogens with zero attached hydrogens (tertiary/aromatic N) is 2. The number of aromatic nitrogens is 1. The zero-order valence-electron chi connectivity index (χ0n) is 11.8. The highest BCUT2D eigenvalue weighted by Gasteiger charge is 2.31. The molecule has 3 rings (SSSR count). The predicted octanol–water partition coefficient (Wildman–Crippen LogP) is 1.24. The van der Waals surface area contributed by atoms with Gasteiger partial charge in [0.2, 0.25) is 5.91 Å². The Bertz CT molecular complexity index is 585. The molecule has 2 aromatic rings. The van der Waals surface area contributed by atoms with E-state index >= 15 is 0 Å². The molecule has 2 unspecified atom stereocenters. The molecule has 2 atom stereocenters. The van der Waals surface area contributed by atoms with E-state index in [2.05, 4.69) is 15.8 Å². The number of nitrogens with one attached hydrogen (secondary N) is 2. The highest BCUT2D eigenvalue weighted by Crippen LogP contribution is 2.22. The van der Waals surface area contributed by atoms with Crippen LogP contribution in [0.5, 0.6) is 0 Å². The lowest BCUT2D eigenvalue weighted by Crippen LogP contribution is -2.43. The highest BCUT2D eigenvalue weighted by molar-refractivity contribution is 5.82. The number of carbonyl (C=O) groups excluding carboxylic acids is 1. The summed E-state index contributed by atoms with van der Waals surface area (Å²) in [6.45, 7) is 0.549. The smallest absolute Gasteiger partial charge is 0.241 e. The van der Waals surface area contributed by atoms with Gasteiger partial charge in [0.15, 0.2) is 0 Å². The van der Waals surface area contributed by atoms with Crippen LogP contribution in [0.4, 0.5) is 0 Å². The summed E-state index contributed by atoms with van der Waals surface area (Å²) in [6, 6.07) is 5.69. The summed E-state index contributed by atoms with van der Waals surface area (Å²) >= 11 is 0. The topological polar surface area (TPSA) is 70.4 Å². The van der Waals surface area contributed by atoms with Gasteiger partial charge in [-0.3, -0.25) is 9.78 Å². The molecule has 6 nitrogen and oxygen atoms in total. The van der Waals surface area contributed by atoms with Gasteiger partial charge < -0.3 is 9.32 Å². The van der Waals surface area contributed by atoms with Crippen LogP contribution < -0.4 is 10.9 Å². The van der Waals surface area contributed by atoms with Crippen LogP contribution in [-0.4, -0.2) is 28.9 Å². The molecule has 1 saturated heterocycles. The molecule has 0 spiro atoms. The number of rotatable bonds is 4. The largest absolute Gasteiger partial charge is 0.472 e. The molecule has 0 aliphatic carbocycles. The number of carbonyl (C=O) groups is 1. The molecule has 1 amide bonds. The second-order valence-electron chi connectivity index (χ2n) is 5.24. The molecular formula is C15H18N4O2. The van der Waals surface area contributed by atoms with Gasteiger partial charge in [0.1, 0.15) is 6.04 Å². The Morgan fingerprint density at radius 3 is 2.90 bits per heavy atom. The van der Waals surface area contributed by atoms with Gasteiger partial charge in [-0.2, -0.15) is 0 Å². The van der Waals surface area contributed by atoms with Crippen molar-refractivity contribution in [2.24, 2.45) is 0 Å². The lowest BCUT2D eigenvalue weighted by Gasteiger charge is -2.20. The quantitative estimate of drug-likeness (QED) is 0.885. The van der Waals surface area contributed by atoms with Crippen LogP contribution in [0.3, 0.4) is 0 Å². The Balaban J connectivity index is 1.59. The summed E-state index contributed by atoms with van der Waals surface area (Å²) in [4.78, 5) is 18.1. The van der Waals surface area contributed by atoms with Crippen LogP contribution in [-0.2, 0) is 11.3 Å². The van der Waals surface area contributed by atoms with Crippen LogP contribution in [0.15, 0.2) is 47.5 Å². The molecule has 110 valence electrons. The number of hydrogen-bond donors (Lipinski definition) is 2. The zero-order chi connectivity index (χ0) is 14.7. The van der Waals surface area contributed by atoms with Crippen molar-refractivity contribution in [2.75, 3.05) is 7.05 Å². The number of hydrogen-bond acceptors (Lipinski definition) is 5. The van der Waals surface area contributed by atoms with Crippen LogP contribution in [0.25, 0.3) is 0 Å². The number of amides is 1. The number of hydrazine groups is 1. The molecule has 3 heterocycles. The Hall–Kier alpha value is -2.18. The van der Waals surface area contributed by atoms with Crippen molar-refractivity contribution in [1.82, 2.24) is 20.7 Å². The minimum atomic E-state index is -0.222. The number of furan rings is 1. The summed E-state index contributed by atoms with van der Waals surface area (Å²) in [5.74, 6) is 0.0697. The Morgan fingerprint density at radius 2 is 2.19 bits per heavy atom. The zero-order valence-corrected chi connectivity index (χ0v) is 11.8. The SMILES string of the molecule is CN(Cc1ccoc1)C(=O)C1CC(c2ccncc2)NN1. The van der Waals surface area contributed by atoms with Crippen molar-refractivity contribution >= 4 is 5.91 Å². The minimum Gasteiger partial charge on any atom is -0.472 e. The maximum Gasteiger partial charge on any atom is 0.241 e. The molecule has 2 aromatic heterocycles. The number of pyridine rings is 1. The standard InChI is InChI=1S/C15H18N4O2/c1-19(9-11-4-7-21-10-11)15(20)14-8-13(17-18-14)12-2-5-16-6-3-12/h2-7,10,13-14,17-18H,8-9H2,1H3. The number of likely N-dealkylation sites (N-methyl/N-ethyl adjacent to an activating group) is 1. The maximum absolute atomic E-state index is 12.4. The van der Waals surface area contributed by atoms with E-state index in [9.17, 15) is 4.79 Å². The summed E-state index contributed by atoms with van der Waals surface area (Å²) in [6.07, 6.45) is 7.51. The molecule has 0 saturated carbocycles. The summed E-state index contributed by atoms with van der Waals surface area (Å²) in [7, 11) is 1.80. The highest BCUT2D eigenvalue weighted by atomic mass is 16.3. The maximum atomic E-state index is 12.4. The monoisotopic (exact) mass is 286 g/mol. The van der Waals surface area contributed by atoms with E-state index in [1.54, 1.807) is 36.9 Å². The van der Waals surface area contributed by atoms with Crippen LogP contribution in [0.1, 0.15) is 23.6 Å². The second-order valence-corrected chi connectivity index (χ2v) is 5.24. The Kier molecular flexibility index (Phi) is 3.98. The molecule has 1 aliphatic rings. The van der Waals surface area contributed by atoms with Gasteiger partial charge in [0, 0.05) is 37.6 Å². The van der Waals surface area contributed by atoms with Crippen molar-refractivity contribution in [3.63, 3.8) is 0 Å². The van der Waals surface area contributed by atoms with Gasteiger partial charge in [-0.25, -0.2) is 10.9 Å². The van der Waals surface area contributed by atoms with Crippen molar-refractivity contribution < 1.29 is 9.21 Å². The molecule has 0 aromatic carbocycles. The summed E-state index contributed by atoms with van der Waals surface area (Å²) < 4.78 is 5.02. The third-order valence-electron chi connectivity index (χ3n) is 3.69. The molecule has 0 radical (unpaired) electrons. The molecular weight excluding hydrogens is 268 g/mol. The van der Waals surface area contributed by atoms with Gasteiger partial charge in [0.25, 0.3) is 0 Å². The van der Waals surface area contributed by atoms with Gasteiger partial charge in [0.05, 0.1) is 12.5 Å². The fourth-order valence-electron chi connectivity index (χ4n) is 2.53.